The third kappa shape index (κ3) is 7.78. The summed E-state index contributed by atoms with van der Waals surface area (Å²) in [5, 5.41) is 7.14. The van der Waals surface area contributed by atoms with Gasteiger partial charge < -0.3 is 15.4 Å². The highest BCUT2D eigenvalue weighted by molar-refractivity contribution is 7.90. The van der Waals surface area contributed by atoms with Gasteiger partial charge in [-0.2, -0.15) is 0 Å². The van der Waals surface area contributed by atoms with E-state index in [1.165, 1.54) is 11.8 Å². The maximum absolute atomic E-state index is 11.5. The predicted molar refractivity (Wildman–Crippen MR) is 114 cm³/mol. The van der Waals surface area contributed by atoms with Crippen LogP contribution in [0.1, 0.15) is 12.5 Å². The number of rotatable bonds is 9. The molecule has 0 saturated heterocycles. The lowest BCUT2D eigenvalue weighted by Crippen LogP contribution is -2.39. The summed E-state index contributed by atoms with van der Waals surface area (Å²) in [6.07, 6.45) is 2.01. The Hall–Kier alpha value is -2.25. The first-order valence-electron chi connectivity index (χ1n) is 9.08. The maximum atomic E-state index is 11.5. The summed E-state index contributed by atoms with van der Waals surface area (Å²) in [6.45, 7) is 4.43. The lowest BCUT2D eigenvalue weighted by molar-refractivity contribution is 0.321. The number of nitrogens with one attached hydrogen (secondary N) is 2. The van der Waals surface area contributed by atoms with Crippen LogP contribution in [-0.4, -0.2) is 46.9 Å². The van der Waals surface area contributed by atoms with Gasteiger partial charge in [-0.25, -0.2) is 8.42 Å². The van der Waals surface area contributed by atoms with Gasteiger partial charge in [-0.3, -0.25) is 4.99 Å². The minimum absolute atomic E-state index is 0.278. The summed E-state index contributed by atoms with van der Waals surface area (Å²) in [4.78, 5) is 4.83. The average Bonchev–Trinajstić information content (AvgIpc) is 2.66. The number of sulfone groups is 1. The molecule has 6 nitrogen and oxygen atoms in total. The second kappa shape index (κ2) is 10.9. The Morgan fingerprint density at radius 2 is 1.75 bits per heavy atom. The molecule has 2 rings (SSSR count). The van der Waals surface area contributed by atoms with E-state index in [0.717, 1.165) is 23.9 Å². The summed E-state index contributed by atoms with van der Waals surface area (Å²) >= 11 is 5.89. The highest BCUT2D eigenvalue weighted by atomic mass is 35.5. The largest absolute Gasteiger partial charge is 0.492 e. The van der Waals surface area contributed by atoms with Crippen molar-refractivity contribution in [3.05, 3.63) is 59.1 Å². The Labute approximate surface area is 171 Å². The van der Waals surface area contributed by atoms with Crippen molar-refractivity contribution in [1.82, 2.24) is 10.6 Å². The molecule has 152 valence electrons. The molecule has 0 aliphatic heterocycles. The molecule has 0 spiro atoms. The smallest absolute Gasteiger partial charge is 0.191 e. The molecule has 0 aliphatic carbocycles. The highest BCUT2D eigenvalue weighted by Gasteiger charge is 2.06. The minimum atomic E-state index is -3.19. The highest BCUT2D eigenvalue weighted by Crippen LogP contribution is 2.15. The number of guanidine groups is 1. The van der Waals surface area contributed by atoms with E-state index < -0.39 is 9.84 Å². The van der Waals surface area contributed by atoms with Crippen LogP contribution in [0, 0.1) is 0 Å². The second-order valence-electron chi connectivity index (χ2n) is 6.16. The molecule has 2 N–H and O–H groups in total. The van der Waals surface area contributed by atoms with Crippen LogP contribution in [0.15, 0.2) is 58.4 Å². The summed E-state index contributed by atoms with van der Waals surface area (Å²) in [7, 11) is -3.19. The van der Waals surface area contributed by atoms with Crippen LogP contribution in [0.25, 0.3) is 0 Å². The second-order valence-corrected chi connectivity index (χ2v) is 8.61. The standard InChI is InChI=1S/C20H26ClN3O3S/c1-3-22-20(23-13-12-16-4-6-17(21)7-5-16)24-14-15-27-18-8-10-19(11-9-18)28(2,25)26/h4-11H,3,12-15H2,1-2H3,(H2,22,23,24). The van der Waals surface area contributed by atoms with E-state index in [2.05, 4.69) is 15.6 Å². The van der Waals surface area contributed by atoms with E-state index in [1.807, 2.05) is 31.2 Å². The van der Waals surface area contributed by atoms with E-state index >= 15 is 0 Å². The van der Waals surface area contributed by atoms with Crippen molar-refractivity contribution in [2.45, 2.75) is 18.2 Å². The molecule has 8 heteroatoms. The summed E-state index contributed by atoms with van der Waals surface area (Å²) in [5.74, 6) is 1.35. The monoisotopic (exact) mass is 423 g/mol. The van der Waals surface area contributed by atoms with E-state index in [4.69, 9.17) is 16.3 Å². The van der Waals surface area contributed by atoms with Crippen LogP contribution >= 0.6 is 11.6 Å². The van der Waals surface area contributed by atoms with Gasteiger partial charge in [-0.1, -0.05) is 23.7 Å². The van der Waals surface area contributed by atoms with Gasteiger partial charge in [-0.15, -0.1) is 0 Å². The topological polar surface area (TPSA) is 79.8 Å². The van der Waals surface area contributed by atoms with Gasteiger partial charge in [0.1, 0.15) is 12.4 Å². The van der Waals surface area contributed by atoms with Crippen molar-refractivity contribution in [3.63, 3.8) is 0 Å². The molecule has 0 unspecified atom stereocenters. The maximum Gasteiger partial charge on any atom is 0.191 e. The number of hydrogen-bond acceptors (Lipinski definition) is 4. The van der Waals surface area contributed by atoms with Crippen LogP contribution in [0.5, 0.6) is 5.75 Å². The Morgan fingerprint density at radius 3 is 2.36 bits per heavy atom. The quantitative estimate of drug-likeness (QED) is 0.368. The number of ether oxygens (including phenoxy) is 1. The first-order valence-corrected chi connectivity index (χ1v) is 11.3. The van der Waals surface area contributed by atoms with Crippen molar-refractivity contribution in [2.75, 3.05) is 32.5 Å². The van der Waals surface area contributed by atoms with Crippen molar-refractivity contribution in [1.29, 1.82) is 0 Å². The minimum Gasteiger partial charge on any atom is -0.492 e. The molecule has 2 aromatic carbocycles. The third-order valence-electron chi connectivity index (χ3n) is 3.84. The Balaban J connectivity index is 1.76. The van der Waals surface area contributed by atoms with Crippen LogP contribution < -0.4 is 15.4 Å². The number of aliphatic imine (C=N–C) groups is 1. The fourth-order valence-corrected chi connectivity index (χ4v) is 3.17. The van der Waals surface area contributed by atoms with E-state index in [0.29, 0.717) is 25.4 Å². The number of benzene rings is 2. The summed E-state index contributed by atoms with van der Waals surface area (Å²) < 4.78 is 28.5. The normalized spacial score (nSPS) is 11.9. The lowest BCUT2D eigenvalue weighted by atomic mass is 10.1. The molecule has 0 heterocycles. The van der Waals surface area contributed by atoms with Crippen molar-refractivity contribution < 1.29 is 13.2 Å². The Morgan fingerprint density at radius 1 is 1.07 bits per heavy atom. The van der Waals surface area contributed by atoms with Gasteiger partial charge in [0.05, 0.1) is 11.4 Å². The van der Waals surface area contributed by atoms with E-state index in [-0.39, 0.29) is 4.90 Å². The molecule has 28 heavy (non-hydrogen) atoms. The zero-order valence-corrected chi connectivity index (χ0v) is 17.7. The molecule has 0 aromatic heterocycles. The molecule has 0 amide bonds. The van der Waals surface area contributed by atoms with Crippen molar-refractivity contribution >= 4 is 27.4 Å². The fourth-order valence-electron chi connectivity index (χ4n) is 2.41. The molecule has 0 bridgehead atoms. The Bertz CT molecular complexity index is 867. The molecule has 2 aromatic rings. The van der Waals surface area contributed by atoms with Gasteiger partial charge in [0, 0.05) is 24.4 Å². The van der Waals surface area contributed by atoms with Gasteiger partial charge in [0.15, 0.2) is 15.8 Å². The molecule has 0 aliphatic rings. The third-order valence-corrected chi connectivity index (χ3v) is 5.22. The van der Waals surface area contributed by atoms with E-state index in [9.17, 15) is 8.42 Å². The lowest BCUT2D eigenvalue weighted by Gasteiger charge is -2.12. The average molecular weight is 424 g/mol. The first-order chi connectivity index (χ1) is 13.4. The van der Waals surface area contributed by atoms with Crippen LogP contribution in [0.2, 0.25) is 5.02 Å². The van der Waals surface area contributed by atoms with Crippen molar-refractivity contribution in [3.8, 4) is 5.75 Å². The van der Waals surface area contributed by atoms with Gasteiger partial charge in [0.25, 0.3) is 0 Å². The zero-order valence-electron chi connectivity index (χ0n) is 16.1. The molecule has 0 atom stereocenters. The van der Waals surface area contributed by atoms with Crippen LogP contribution in [0.4, 0.5) is 0 Å². The first kappa shape index (κ1) is 22.0. The van der Waals surface area contributed by atoms with Crippen LogP contribution in [0.3, 0.4) is 0 Å². The summed E-state index contributed by atoms with van der Waals surface area (Å²) in [6, 6.07) is 14.2. The van der Waals surface area contributed by atoms with E-state index in [1.54, 1.807) is 24.3 Å². The fraction of sp³-hybridized carbons (Fsp3) is 0.350. The zero-order chi connectivity index (χ0) is 20.4. The van der Waals surface area contributed by atoms with Gasteiger partial charge in [-0.05, 0) is 55.3 Å². The summed E-state index contributed by atoms with van der Waals surface area (Å²) in [5.41, 5.74) is 1.19. The van der Waals surface area contributed by atoms with Crippen LogP contribution in [-0.2, 0) is 16.3 Å². The van der Waals surface area contributed by atoms with Crippen molar-refractivity contribution in [2.24, 2.45) is 4.99 Å². The number of hydrogen-bond donors (Lipinski definition) is 2. The Kier molecular flexibility index (Phi) is 8.60. The molecule has 0 radical (unpaired) electrons. The number of halogens is 1. The molecular weight excluding hydrogens is 398 g/mol. The SMILES string of the molecule is CCNC(=NCCc1ccc(Cl)cc1)NCCOc1ccc(S(C)(=O)=O)cc1. The van der Waals surface area contributed by atoms with Gasteiger partial charge in [0.2, 0.25) is 0 Å². The number of nitrogens with zero attached hydrogens (tertiary/aromatic N) is 1. The molecule has 0 saturated carbocycles. The molecule has 0 fully saturated rings. The van der Waals surface area contributed by atoms with Gasteiger partial charge >= 0.3 is 0 Å². The predicted octanol–water partition coefficient (Wildman–Crippen LogP) is 2.92. The molecular formula is C20H26ClN3O3S.